The van der Waals surface area contributed by atoms with Crippen molar-refractivity contribution in [2.24, 2.45) is 0 Å². The molecule has 1 amide bonds. The molecule has 0 saturated heterocycles. The van der Waals surface area contributed by atoms with E-state index in [9.17, 15) is 4.79 Å². The van der Waals surface area contributed by atoms with Crippen LogP contribution in [0.1, 0.15) is 33.4 Å². The Morgan fingerprint density at radius 2 is 2.26 bits per heavy atom. The molecule has 1 aromatic heterocycles. The summed E-state index contributed by atoms with van der Waals surface area (Å²) in [5, 5.41) is 6.48. The first-order valence-corrected chi connectivity index (χ1v) is 6.55. The van der Waals surface area contributed by atoms with E-state index in [0.717, 1.165) is 12.0 Å². The van der Waals surface area contributed by atoms with E-state index in [0.29, 0.717) is 5.69 Å². The average molecular weight is 277 g/mol. The van der Waals surface area contributed by atoms with Crippen molar-refractivity contribution in [3.63, 3.8) is 0 Å². The maximum Gasteiger partial charge on any atom is 0.290 e. The van der Waals surface area contributed by atoms with Gasteiger partial charge in [0.2, 0.25) is 5.76 Å². The molecule has 4 nitrogen and oxygen atoms in total. The highest BCUT2D eigenvalue weighted by Crippen LogP contribution is 2.34. The minimum Gasteiger partial charge on any atom is -0.351 e. The lowest BCUT2D eigenvalue weighted by molar-refractivity contribution is 0.0900. The van der Waals surface area contributed by atoms with Crippen LogP contribution in [0.4, 0.5) is 0 Å². The van der Waals surface area contributed by atoms with Crippen LogP contribution < -0.4 is 5.32 Å². The summed E-state index contributed by atoms with van der Waals surface area (Å²) in [6.07, 6.45) is 0.762. The number of hydrogen-bond donors (Lipinski definition) is 1. The quantitative estimate of drug-likeness (QED) is 0.858. The maximum absolute atomic E-state index is 12.1. The number of benzene rings is 1. The molecule has 1 heterocycles. The van der Waals surface area contributed by atoms with Crippen LogP contribution in [0.25, 0.3) is 0 Å². The van der Waals surface area contributed by atoms with Crippen LogP contribution in [-0.2, 0) is 6.42 Å². The van der Waals surface area contributed by atoms with Crippen molar-refractivity contribution >= 4 is 17.5 Å². The predicted molar refractivity (Wildman–Crippen MR) is 71.2 cm³/mol. The van der Waals surface area contributed by atoms with Gasteiger partial charge in [0.05, 0.1) is 17.1 Å². The molecule has 0 saturated carbocycles. The minimum atomic E-state index is -0.284. The second-order valence-corrected chi connectivity index (χ2v) is 5.26. The molecule has 0 aliphatic heterocycles. The van der Waals surface area contributed by atoms with E-state index in [2.05, 4.69) is 10.5 Å². The Morgan fingerprint density at radius 3 is 3.00 bits per heavy atom. The van der Waals surface area contributed by atoms with Gasteiger partial charge in [-0.15, -0.1) is 11.6 Å². The second kappa shape index (κ2) is 4.70. The number of carbonyl (C=O) groups is 1. The number of amides is 1. The summed E-state index contributed by atoms with van der Waals surface area (Å²) in [5.41, 5.74) is 2.94. The summed E-state index contributed by atoms with van der Waals surface area (Å²) in [5.74, 6) is -0.0706. The molecule has 1 aliphatic carbocycles. The summed E-state index contributed by atoms with van der Waals surface area (Å²) in [6, 6.07) is 9.39. The first-order valence-electron chi connectivity index (χ1n) is 6.11. The van der Waals surface area contributed by atoms with Crippen LogP contribution in [0, 0.1) is 6.92 Å². The van der Waals surface area contributed by atoms with Crippen molar-refractivity contribution in [3.05, 3.63) is 52.9 Å². The molecule has 2 unspecified atom stereocenters. The lowest BCUT2D eigenvalue weighted by atomic mass is 10.1. The highest BCUT2D eigenvalue weighted by atomic mass is 35.5. The molecule has 0 spiro atoms. The number of fused-ring (bicyclic) bond motifs is 1. The molecule has 5 heteroatoms. The SMILES string of the molecule is Cc1cc(C(=O)NC2c3ccccc3CC2Cl)on1. The number of nitrogens with zero attached hydrogens (tertiary/aromatic N) is 1. The molecule has 0 radical (unpaired) electrons. The van der Waals surface area contributed by atoms with Crippen molar-refractivity contribution in [2.75, 3.05) is 0 Å². The van der Waals surface area contributed by atoms with Gasteiger partial charge in [0.15, 0.2) is 0 Å². The molecule has 2 atom stereocenters. The molecule has 0 bridgehead atoms. The number of rotatable bonds is 2. The van der Waals surface area contributed by atoms with Crippen LogP contribution in [0.3, 0.4) is 0 Å². The van der Waals surface area contributed by atoms with Crippen molar-refractivity contribution < 1.29 is 9.32 Å². The van der Waals surface area contributed by atoms with E-state index in [1.54, 1.807) is 13.0 Å². The van der Waals surface area contributed by atoms with Gasteiger partial charge in [0, 0.05) is 6.07 Å². The molecular weight excluding hydrogens is 264 g/mol. The topological polar surface area (TPSA) is 55.1 Å². The van der Waals surface area contributed by atoms with Crippen LogP contribution in [0.15, 0.2) is 34.9 Å². The predicted octanol–water partition coefficient (Wildman–Crippen LogP) is 2.62. The van der Waals surface area contributed by atoms with Gasteiger partial charge in [-0.3, -0.25) is 4.79 Å². The number of nitrogens with one attached hydrogen (secondary N) is 1. The third-order valence-electron chi connectivity index (χ3n) is 3.31. The van der Waals surface area contributed by atoms with Gasteiger partial charge in [0.1, 0.15) is 0 Å². The highest BCUT2D eigenvalue weighted by molar-refractivity contribution is 6.21. The van der Waals surface area contributed by atoms with Crippen LogP contribution in [-0.4, -0.2) is 16.4 Å². The zero-order valence-corrected chi connectivity index (χ0v) is 11.1. The van der Waals surface area contributed by atoms with Gasteiger partial charge in [-0.05, 0) is 24.5 Å². The van der Waals surface area contributed by atoms with E-state index >= 15 is 0 Å². The van der Waals surface area contributed by atoms with Gasteiger partial charge >= 0.3 is 0 Å². The van der Waals surface area contributed by atoms with Gasteiger partial charge in [0.25, 0.3) is 5.91 Å². The lowest BCUT2D eigenvalue weighted by Crippen LogP contribution is -2.31. The highest BCUT2D eigenvalue weighted by Gasteiger charge is 2.32. The fourth-order valence-corrected chi connectivity index (χ4v) is 2.76. The van der Waals surface area contributed by atoms with E-state index in [1.807, 2.05) is 24.3 Å². The average Bonchev–Trinajstić information content (AvgIpc) is 2.95. The number of carbonyl (C=O) groups excluding carboxylic acids is 1. The molecule has 0 fully saturated rings. The zero-order chi connectivity index (χ0) is 13.4. The van der Waals surface area contributed by atoms with E-state index in [1.165, 1.54) is 5.56 Å². The van der Waals surface area contributed by atoms with Crippen molar-refractivity contribution in [1.29, 1.82) is 0 Å². The minimum absolute atomic E-state index is 0.134. The number of aromatic nitrogens is 1. The standard InChI is InChI=1S/C14H13ClN2O2/c1-8-6-12(19-17-8)14(18)16-13-10-5-3-2-4-9(10)7-11(13)15/h2-6,11,13H,7H2,1H3,(H,16,18). The Balaban J connectivity index is 1.82. The van der Waals surface area contributed by atoms with Gasteiger partial charge < -0.3 is 9.84 Å². The van der Waals surface area contributed by atoms with Gasteiger partial charge in [-0.2, -0.15) is 0 Å². The van der Waals surface area contributed by atoms with Crippen LogP contribution in [0.2, 0.25) is 0 Å². The zero-order valence-electron chi connectivity index (χ0n) is 10.4. The lowest BCUT2D eigenvalue weighted by Gasteiger charge is -2.16. The monoisotopic (exact) mass is 276 g/mol. The summed E-state index contributed by atoms with van der Waals surface area (Å²) in [7, 11) is 0. The Bertz CT molecular complexity index is 623. The third-order valence-corrected chi connectivity index (χ3v) is 3.71. The fraction of sp³-hybridized carbons (Fsp3) is 0.286. The molecule has 98 valence electrons. The summed E-state index contributed by atoms with van der Waals surface area (Å²) in [4.78, 5) is 12.1. The van der Waals surface area contributed by atoms with Crippen LogP contribution in [0.5, 0.6) is 0 Å². The first kappa shape index (κ1) is 12.2. The molecule has 19 heavy (non-hydrogen) atoms. The Labute approximate surface area is 115 Å². The normalized spacial score (nSPS) is 21.2. The third kappa shape index (κ3) is 2.24. The van der Waals surface area contributed by atoms with E-state index < -0.39 is 0 Å². The Hall–Kier alpha value is -1.81. The Morgan fingerprint density at radius 1 is 1.47 bits per heavy atom. The second-order valence-electron chi connectivity index (χ2n) is 4.70. The molecule has 1 N–H and O–H groups in total. The molecule has 1 aromatic carbocycles. The summed E-state index contributed by atoms with van der Waals surface area (Å²) >= 11 is 6.32. The number of halogens is 1. The molecular formula is C14H13ClN2O2. The first-order chi connectivity index (χ1) is 9.15. The van der Waals surface area contributed by atoms with E-state index in [-0.39, 0.29) is 23.1 Å². The van der Waals surface area contributed by atoms with E-state index in [4.69, 9.17) is 16.1 Å². The molecule has 1 aliphatic rings. The number of aryl methyl sites for hydroxylation is 1. The fourth-order valence-electron chi connectivity index (χ4n) is 2.40. The van der Waals surface area contributed by atoms with Crippen LogP contribution >= 0.6 is 11.6 Å². The maximum atomic E-state index is 12.1. The van der Waals surface area contributed by atoms with Crippen molar-refractivity contribution in [1.82, 2.24) is 10.5 Å². The summed E-state index contributed by atoms with van der Waals surface area (Å²) in [6.45, 7) is 1.77. The number of alkyl halides is 1. The summed E-state index contributed by atoms with van der Waals surface area (Å²) < 4.78 is 4.95. The Kier molecular flexibility index (Phi) is 3.03. The largest absolute Gasteiger partial charge is 0.351 e. The van der Waals surface area contributed by atoms with Crippen molar-refractivity contribution in [2.45, 2.75) is 24.8 Å². The molecule has 2 aromatic rings. The number of hydrogen-bond acceptors (Lipinski definition) is 3. The molecule has 3 rings (SSSR count). The van der Waals surface area contributed by atoms with Gasteiger partial charge in [-0.25, -0.2) is 0 Å². The van der Waals surface area contributed by atoms with Gasteiger partial charge in [-0.1, -0.05) is 29.4 Å². The smallest absolute Gasteiger partial charge is 0.290 e. The van der Waals surface area contributed by atoms with Crippen molar-refractivity contribution in [3.8, 4) is 0 Å².